The minimum absolute atomic E-state index is 0.550. The highest BCUT2D eigenvalue weighted by atomic mass is 19.2. The number of anilines is 2. The van der Waals surface area contributed by atoms with Crippen molar-refractivity contribution in [2.75, 3.05) is 5.12 Å². The molecule has 0 unspecified atom stereocenters. The second kappa shape index (κ2) is 4.35. The van der Waals surface area contributed by atoms with Gasteiger partial charge in [0.25, 0.3) is 0 Å². The third-order valence-corrected chi connectivity index (χ3v) is 2.52. The second-order valence-corrected chi connectivity index (χ2v) is 3.95. The maximum Gasteiger partial charge on any atom is 0.0747 e. The molecular weight excluding hydrogens is 201 g/mol. The van der Waals surface area contributed by atoms with Crippen LogP contribution < -0.4 is 5.12 Å². The van der Waals surface area contributed by atoms with Crippen LogP contribution in [0.4, 0.5) is 15.9 Å². The average molecular weight is 215 g/mol. The summed E-state index contributed by atoms with van der Waals surface area (Å²) in [6.07, 6.45) is 0. The van der Waals surface area contributed by atoms with E-state index in [-0.39, 0.29) is 0 Å². The summed E-state index contributed by atoms with van der Waals surface area (Å²) in [6, 6.07) is 14.7. The van der Waals surface area contributed by atoms with Gasteiger partial charge in [0.1, 0.15) is 0 Å². The van der Waals surface area contributed by atoms with Crippen molar-refractivity contribution in [1.82, 2.24) is 0 Å². The van der Waals surface area contributed by atoms with E-state index in [0.29, 0.717) is 16.5 Å². The van der Waals surface area contributed by atoms with E-state index < -0.39 is 0 Å². The molecule has 16 heavy (non-hydrogen) atoms. The zero-order chi connectivity index (χ0) is 11.5. The molecule has 2 rings (SSSR count). The van der Waals surface area contributed by atoms with Crippen LogP contribution in [0.5, 0.6) is 0 Å². The lowest BCUT2D eigenvalue weighted by atomic mass is 10.2. The number of aryl methyl sites for hydroxylation is 2. The fraction of sp³-hybridized carbons (Fsp3) is 0.143. The SMILES string of the molecule is Cc1ccc(N(F)c2ccc(C)cc2)cc1. The fourth-order valence-corrected chi connectivity index (χ4v) is 1.50. The lowest BCUT2D eigenvalue weighted by Crippen LogP contribution is -2.03. The second-order valence-electron chi connectivity index (χ2n) is 3.95. The summed E-state index contributed by atoms with van der Waals surface area (Å²) in [5.41, 5.74) is 3.35. The van der Waals surface area contributed by atoms with Crippen LogP contribution >= 0.6 is 0 Å². The number of hydrogen-bond donors (Lipinski definition) is 0. The smallest absolute Gasteiger partial charge is 0.0747 e. The van der Waals surface area contributed by atoms with Crippen LogP contribution in [0.25, 0.3) is 0 Å². The molecule has 0 aliphatic heterocycles. The normalized spacial score (nSPS) is 10.2. The predicted molar refractivity (Wildman–Crippen MR) is 65.6 cm³/mol. The van der Waals surface area contributed by atoms with Gasteiger partial charge in [-0.25, -0.2) is 0 Å². The Morgan fingerprint density at radius 1 is 0.688 bits per heavy atom. The third kappa shape index (κ3) is 2.22. The molecule has 2 heteroatoms. The van der Waals surface area contributed by atoms with Gasteiger partial charge < -0.3 is 0 Å². The molecule has 0 amide bonds. The summed E-state index contributed by atoms with van der Waals surface area (Å²) < 4.78 is 14.0. The maximum atomic E-state index is 14.0. The van der Waals surface area contributed by atoms with Crippen molar-refractivity contribution in [2.45, 2.75) is 13.8 Å². The fourth-order valence-electron chi connectivity index (χ4n) is 1.50. The molecule has 0 heterocycles. The van der Waals surface area contributed by atoms with Gasteiger partial charge in [-0.15, -0.1) is 0 Å². The van der Waals surface area contributed by atoms with Crippen LogP contribution in [0.1, 0.15) is 11.1 Å². The molecule has 2 aromatic carbocycles. The number of halogens is 1. The molecule has 0 saturated carbocycles. The van der Waals surface area contributed by atoms with Crippen LogP contribution in [0, 0.1) is 13.8 Å². The molecule has 0 fully saturated rings. The first-order chi connectivity index (χ1) is 7.66. The maximum absolute atomic E-state index is 14.0. The molecule has 0 bridgehead atoms. The van der Waals surface area contributed by atoms with Crippen LogP contribution in [0.2, 0.25) is 0 Å². The van der Waals surface area contributed by atoms with Crippen molar-refractivity contribution in [2.24, 2.45) is 0 Å². The first-order valence-electron chi connectivity index (χ1n) is 5.26. The minimum atomic E-state index is 0.550. The Balaban J connectivity index is 2.28. The minimum Gasteiger partial charge on any atom is -0.180 e. The molecule has 0 aromatic heterocycles. The van der Waals surface area contributed by atoms with Gasteiger partial charge in [-0.05, 0) is 38.1 Å². The molecule has 82 valence electrons. The van der Waals surface area contributed by atoms with E-state index in [1.165, 1.54) is 0 Å². The summed E-state index contributed by atoms with van der Waals surface area (Å²) >= 11 is 0. The van der Waals surface area contributed by atoms with Gasteiger partial charge in [0, 0.05) is 0 Å². The Morgan fingerprint density at radius 2 is 1.00 bits per heavy atom. The van der Waals surface area contributed by atoms with Crippen molar-refractivity contribution < 1.29 is 4.48 Å². The summed E-state index contributed by atoms with van der Waals surface area (Å²) in [5.74, 6) is 0. The molecule has 2 aromatic rings. The van der Waals surface area contributed by atoms with Gasteiger partial charge in [0.2, 0.25) is 0 Å². The van der Waals surface area contributed by atoms with Crippen molar-refractivity contribution in [3.63, 3.8) is 0 Å². The summed E-state index contributed by atoms with van der Waals surface area (Å²) in [7, 11) is 0. The largest absolute Gasteiger partial charge is 0.180 e. The summed E-state index contributed by atoms with van der Waals surface area (Å²) in [6.45, 7) is 3.97. The Hall–Kier alpha value is -1.83. The molecule has 0 atom stereocenters. The van der Waals surface area contributed by atoms with Crippen LogP contribution in [0.15, 0.2) is 48.5 Å². The van der Waals surface area contributed by atoms with Crippen molar-refractivity contribution in [3.05, 3.63) is 59.7 Å². The Kier molecular flexibility index (Phi) is 2.91. The van der Waals surface area contributed by atoms with E-state index in [2.05, 4.69) is 0 Å². The standard InChI is InChI=1S/C14H14FN/c1-11-3-7-13(8-4-11)16(15)14-9-5-12(2)6-10-14/h3-10H,1-2H3. The molecule has 0 saturated heterocycles. The number of benzene rings is 2. The van der Waals surface area contributed by atoms with Crippen molar-refractivity contribution >= 4 is 11.4 Å². The molecule has 0 aliphatic carbocycles. The van der Waals surface area contributed by atoms with Gasteiger partial charge in [0.15, 0.2) is 0 Å². The topological polar surface area (TPSA) is 3.24 Å². The third-order valence-electron chi connectivity index (χ3n) is 2.52. The van der Waals surface area contributed by atoms with Gasteiger partial charge in [0.05, 0.1) is 11.4 Å². The molecule has 1 nitrogen and oxygen atoms in total. The molecular formula is C14H14FN. The Bertz CT molecular complexity index is 414. The van der Waals surface area contributed by atoms with E-state index in [1.807, 2.05) is 38.1 Å². The van der Waals surface area contributed by atoms with Crippen LogP contribution in [0.3, 0.4) is 0 Å². The number of hydrogen-bond acceptors (Lipinski definition) is 1. The van der Waals surface area contributed by atoms with Gasteiger partial charge in [-0.2, -0.15) is 5.12 Å². The predicted octanol–water partition coefficient (Wildman–Crippen LogP) is 4.33. The molecule has 0 spiro atoms. The Labute approximate surface area is 95.1 Å². The first kappa shape index (κ1) is 10.7. The van der Waals surface area contributed by atoms with E-state index in [4.69, 9.17) is 0 Å². The highest BCUT2D eigenvalue weighted by Crippen LogP contribution is 2.26. The Morgan fingerprint density at radius 3 is 1.31 bits per heavy atom. The highest BCUT2D eigenvalue weighted by molar-refractivity contribution is 5.60. The zero-order valence-corrected chi connectivity index (χ0v) is 9.44. The molecule has 0 N–H and O–H groups in total. The quantitative estimate of drug-likeness (QED) is 0.674. The number of nitrogens with zero attached hydrogens (tertiary/aromatic N) is 1. The van der Waals surface area contributed by atoms with E-state index >= 15 is 0 Å². The van der Waals surface area contributed by atoms with Crippen molar-refractivity contribution in [1.29, 1.82) is 0 Å². The van der Waals surface area contributed by atoms with Crippen molar-refractivity contribution in [3.8, 4) is 0 Å². The summed E-state index contributed by atoms with van der Waals surface area (Å²) in [5, 5.41) is 0.693. The van der Waals surface area contributed by atoms with Crippen LogP contribution in [-0.2, 0) is 0 Å². The molecule has 0 aliphatic rings. The van der Waals surface area contributed by atoms with Gasteiger partial charge in [-0.1, -0.05) is 39.9 Å². The number of rotatable bonds is 2. The van der Waals surface area contributed by atoms with Crippen LogP contribution in [-0.4, -0.2) is 0 Å². The summed E-state index contributed by atoms with van der Waals surface area (Å²) in [4.78, 5) is 0. The first-order valence-corrected chi connectivity index (χ1v) is 5.26. The van der Waals surface area contributed by atoms with Gasteiger partial charge >= 0.3 is 0 Å². The molecule has 0 radical (unpaired) electrons. The monoisotopic (exact) mass is 215 g/mol. The average Bonchev–Trinajstić information content (AvgIpc) is 2.30. The highest BCUT2D eigenvalue weighted by Gasteiger charge is 2.06. The van der Waals surface area contributed by atoms with E-state index in [1.54, 1.807) is 24.3 Å². The van der Waals surface area contributed by atoms with Gasteiger partial charge in [-0.3, -0.25) is 0 Å². The van der Waals surface area contributed by atoms with E-state index in [0.717, 1.165) is 11.1 Å². The van der Waals surface area contributed by atoms with E-state index in [9.17, 15) is 4.48 Å². The lowest BCUT2D eigenvalue weighted by molar-refractivity contribution is 0.505. The zero-order valence-electron chi connectivity index (χ0n) is 9.44. The lowest BCUT2D eigenvalue weighted by Gasteiger charge is -2.14.